The molecule has 2 atom stereocenters. The smallest absolute Gasteiger partial charge is 0.223 e. The fourth-order valence-corrected chi connectivity index (χ4v) is 1.36. The Balaban J connectivity index is 3.93. The molecule has 0 fully saturated rings. The predicted octanol–water partition coefficient (Wildman–Crippen LogP) is 1.08. The Kier molecular flexibility index (Phi) is 5.83. The highest BCUT2D eigenvalue weighted by atomic mass is 16.5. The molecule has 4 heteroatoms. The average molecular weight is 217 g/mol. The van der Waals surface area contributed by atoms with Gasteiger partial charge < -0.3 is 15.2 Å². The van der Waals surface area contributed by atoms with Gasteiger partial charge in [0.1, 0.15) is 0 Å². The van der Waals surface area contributed by atoms with E-state index in [1.54, 1.807) is 14.0 Å². The van der Waals surface area contributed by atoms with E-state index in [0.717, 1.165) is 0 Å². The molecule has 15 heavy (non-hydrogen) atoms. The summed E-state index contributed by atoms with van der Waals surface area (Å²) >= 11 is 0. The molecule has 2 unspecified atom stereocenters. The SMILES string of the molecule is COC(C)(C)CC(=O)NC(C)CC(C)O. The molecule has 1 amide bonds. The third-order valence-corrected chi connectivity index (χ3v) is 2.24. The summed E-state index contributed by atoms with van der Waals surface area (Å²) in [6.45, 7) is 7.32. The molecule has 0 rings (SSSR count). The topological polar surface area (TPSA) is 58.6 Å². The van der Waals surface area contributed by atoms with Crippen LogP contribution in [0.1, 0.15) is 40.5 Å². The maximum absolute atomic E-state index is 11.5. The molecule has 0 aliphatic heterocycles. The first-order chi connectivity index (χ1) is 6.76. The minimum absolute atomic E-state index is 0.00911. The van der Waals surface area contributed by atoms with Crippen molar-refractivity contribution in [2.45, 2.75) is 58.3 Å². The van der Waals surface area contributed by atoms with E-state index in [9.17, 15) is 4.79 Å². The number of aliphatic hydroxyl groups is 1. The Morgan fingerprint density at radius 2 is 2.00 bits per heavy atom. The van der Waals surface area contributed by atoms with Crippen LogP contribution < -0.4 is 5.32 Å². The molecule has 0 spiro atoms. The second-order valence-electron chi connectivity index (χ2n) is 4.69. The van der Waals surface area contributed by atoms with Gasteiger partial charge >= 0.3 is 0 Å². The molecule has 90 valence electrons. The van der Waals surface area contributed by atoms with Crippen molar-refractivity contribution in [3.05, 3.63) is 0 Å². The third kappa shape index (κ3) is 7.33. The third-order valence-electron chi connectivity index (χ3n) is 2.24. The second kappa shape index (κ2) is 6.08. The molecule has 0 aromatic rings. The van der Waals surface area contributed by atoms with Gasteiger partial charge in [0, 0.05) is 13.2 Å². The van der Waals surface area contributed by atoms with Crippen molar-refractivity contribution in [2.75, 3.05) is 7.11 Å². The normalized spacial score (nSPS) is 15.9. The van der Waals surface area contributed by atoms with Crippen molar-refractivity contribution in [3.63, 3.8) is 0 Å². The second-order valence-corrected chi connectivity index (χ2v) is 4.69. The lowest BCUT2D eigenvalue weighted by molar-refractivity contribution is -0.126. The van der Waals surface area contributed by atoms with Gasteiger partial charge in [-0.05, 0) is 34.1 Å². The van der Waals surface area contributed by atoms with Crippen LogP contribution in [0.3, 0.4) is 0 Å². The standard InChI is InChI=1S/C11H23NO3/c1-8(6-9(2)13)12-10(14)7-11(3,4)15-5/h8-9,13H,6-7H2,1-5H3,(H,12,14). The molecule has 0 heterocycles. The van der Waals surface area contributed by atoms with Crippen molar-refractivity contribution < 1.29 is 14.6 Å². The van der Waals surface area contributed by atoms with Crippen LogP contribution in [0.15, 0.2) is 0 Å². The zero-order valence-electron chi connectivity index (χ0n) is 10.3. The number of hydrogen-bond donors (Lipinski definition) is 2. The van der Waals surface area contributed by atoms with Gasteiger partial charge in [0.25, 0.3) is 0 Å². The van der Waals surface area contributed by atoms with Gasteiger partial charge in [-0.1, -0.05) is 0 Å². The molecular weight excluding hydrogens is 194 g/mol. The summed E-state index contributed by atoms with van der Waals surface area (Å²) in [5, 5.41) is 12.0. The van der Waals surface area contributed by atoms with Gasteiger partial charge in [-0.25, -0.2) is 0 Å². The highest BCUT2D eigenvalue weighted by Crippen LogP contribution is 2.12. The van der Waals surface area contributed by atoms with E-state index in [0.29, 0.717) is 12.8 Å². The first-order valence-corrected chi connectivity index (χ1v) is 5.29. The summed E-state index contributed by atoms with van der Waals surface area (Å²) in [6, 6.07) is -0.00911. The number of rotatable bonds is 6. The molecule has 0 radical (unpaired) electrons. The van der Waals surface area contributed by atoms with Crippen molar-refractivity contribution in [3.8, 4) is 0 Å². The number of carbonyl (C=O) groups is 1. The first kappa shape index (κ1) is 14.4. The molecule has 2 N–H and O–H groups in total. The Morgan fingerprint density at radius 3 is 2.40 bits per heavy atom. The van der Waals surface area contributed by atoms with Gasteiger partial charge in [0.15, 0.2) is 0 Å². The number of aliphatic hydroxyl groups excluding tert-OH is 1. The van der Waals surface area contributed by atoms with Crippen LogP contribution in [0.25, 0.3) is 0 Å². The van der Waals surface area contributed by atoms with Crippen LogP contribution in [0, 0.1) is 0 Å². The predicted molar refractivity (Wildman–Crippen MR) is 59.6 cm³/mol. The van der Waals surface area contributed by atoms with E-state index in [1.807, 2.05) is 20.8 Å². The van der Waals surface area contributed by atoms with Gasteiger partial charge in [0.2, 0.25) is 5.91 Å². The lowest BCUT2D eigenvalue weighted by atomic mass is 10.0. The molecule has 0 bridgehead atoms. The van der Waals surface area contributed by atoms with Gasteiger partial charge in [-0.15, -0.1) is 0 Å². The van der Waals surface area contributed by atoms with Crippen LogP contribution >= 0.6 is 0 Å². The lowest BCUT2D eigenvalue weighted by Crippen LogP contribution is -2.39. The van der Waals surface area contributed by atoms with Crippen LogP contribution in [0.4, 0.5) is 0 Å². The number of methoxy groups -OCH3 is 1. The van der Waals surface area contributed by atoms with E-state index in [2.05, 4.69) is 5.32 Å². The molecule has 4 nitrogen and oxygen atoms in total. The highest BCUT2D eigenvalue weighted by Gasteiger charge is 2.21. The molecular formula is C11H23NO3. The zero-order valence-corrected chi connectivity index (χ0v) is 10.3. The quantitative estimate of drug-likeness (QED) is 0.700. The van der Waals surface area contributed by atoms with Crippen molar-refractivity contribution in [2.24, 2.45) is 0 Å². The van der Waals surface area contributed by atoms with E-state index in [-0.39, 0.29) is 11.9 Å². The van der Waals surface area contributed by atoms with Gasteiger partial charge in [-0.3, -0.25) is 4.79 Å². The fourth-order valence-electron chi connectivity index (χ4n) is 1.36. The van der Waals surface area contributed by atoms with E-state index in [1.165, 1.54) is 0 Å². The lowest BCUT2D eigenvalue weighted by Gasteiger charge is -2.23. The number of amides is 1. The van der Waals surface area contributed by atoms with Crippen LogP contribution in [-0.4, -0.2) is 35.9 Å². The Morgan fingerprint density at radius 1 is 1.47 bits per heavy atom. The van der Waals surface area contributed by atoms with Gasteiger partial charge in [-0.2, -0.15) is 0 Å². The first-order valence-electron chi connectivity index (χ1n) is 5.29. The monoisotopic (exact) mass is 217 g/mol. The summed E-state index contributed by atoms with van der Waals surface area (Å²) in [6.07, 6.45) is 0.503. The maximum atomic E-state index is 11.5. The summed E-state index contributed by atoms with van der Waals surface area (Å²) in [4.78, 5) is 11.5. The minimum atomic E-state index is -0.436. The highest BCUT2D eigenvalue weighted by molar-refractivity contribution is 5.77. The van der Waals surface area contributed by atoms with Crippen LogP contribution in [0.5, 0.6) is 0 Å². The van der Waals surface area contributed by atoms with Crippen molar-refractivity contribution in [1.29, 1.82) is 0 Å². The molecule has 0 aliphatic carbocycles. The Labute approximate surface area is 92.0 Å². The molecule has 0 saturated heterocycles. The zero-order chi connectivity index (χ0) is 12.1. The average Bonchev–Trinajstić information content (AvgIpc) is 2.00. The summed E-state index contributed by atoms with van der Waals surface area (Å²) in [7, 11) is 1.59. The van der Waals surface area contributed by atoms with Gasteiger partial charge in [0.05, 0.1) is 18.1 Å². The van der Waals surface area contributed by atoms with Crippen molar-refractivity contribution >= 4 is 5.91 Å². The van der Waals surface area contributed by atoms with Crippen molar-refractivity contribution in [1.82, 2.24) is 5.32 Å². The molecule has 0 aromatic carbocycles. The van der Waals surface area contributed by atoms with Crippen LogP contribution in [-0.2, 0) is 9.53 Å². The molecule has 0 aromatic heterocycles. The number of hydrogen-bond acceptors (Lipinski definition) is 3. The number of nitrogens with one attached hydrogen (secondary N) is 1. The molecule has 0 saturated carbocycles. The Hall–Kier alpha value is -0.610. The Bertz CT molecular complexity index is 202. The largest absolute Gasteiger partial charge is 0.393 e. The van der Waals surface area contributed by atoms with Crippen LogP contribution in [0.2, 0.25) is 0 Å². The summed E-state index contributed by atoms with van der Waals surface area (Å²) in [5.74, 6) is -0.0463. The minimum Gasteiger partial charge on any atom is -0.393 e. The summed E-state index contributed by atoms with van der Waals surface area (Å²) in [5.41, 5.74) is -0.436. The summed E-state index contributed by atoms with van der Waals surface area (Å²) < 4.78 is 5.16. The maximum Gasteiger partial charge on any atom is 0.223 e. The molecule has 0 aliphatic rings. The number of ether oxygens (including phenoxy) is 1. The fraction of sp³-hybridized carbons (Fsp3) is 0.909. The number of carbonyl (C=O) groups excluding carboxylic acids is 1. The van der Waals surface area contributed by atoms with E-state index < -0.39 is 11.7 Å². The van der Waals surface area contributed by atoms with E-state index >= 15 is 0 Å². The van der Waals surface area contributed by atoms with E-state index in [4.69, 9.17) is 9.84 Å².